The van der Waals surface area contributed by atoms with Gasteiger partial charge in [-0.3, -0.25) is 9.59 Å². The van der Waals surface area contributed by atoms with Crippen LogP contribution < -0.4 is 16.0 Å². The van der Waals surface area contributed by atoms with Crippen molar-refractivity contribution in [1.29, 1.82) is 0 Å². The molecule has 8 heteroatoms. The number of nitrogens with two attached hydrogens (primary N) is 1. The maximum atomic E-state index is 12.4. The van der Waals surface area contributed by atoms with Crippen LogP contribution in [0.1, 0.15) is 6.42 Å². The Kier molecular flexibility index (Phi) is 7.09. The molecule has 0 radical (unpaired) electrons. The second-order valence-corrected chi connectivity index (χ2v) is 5.26. The first kappa shape index (κ1) is 18.7. The minimum Gasteiger partial charge on any atom is -0.383 e. The van der Waals surface area contributed by atoms with Crippen molar-refractivity contribution < 1.29 is 14.3 Å². The van der Waals surface area contributed by atoms with Crippen LogP contribution in [-0.2, 0) is 14.3 Å². The van der Waals surface area contributed by atoms with Crippen molar-refractivity contribution in [3.63, 3.8) is 0 Å². The number of benzene rings is 1. The maximum Gasteiger partial charge on any atom is 0.249 e. The topological polar surface area (TPSA) is 84.7 Å². The smallest absolute Gasteiger partial charge is 0.249 e. The number of ether oxygens (including phenoxy) is 1. The molecule has 3 N–H and O–H groups in total. The third-order valence-electron chi connectivity index (χ3n) is 3.35. The molecule has 0 spiro atoms. The summed E-state index contributed by atoms with van der Waals surface area (Å²) >= 11 is 6.10. The Hall–Kier alpha value is -1.34. The first-order chi connectivity index (χ1) is 10.0. The van der Waals surface area contributed by atoms with Gasteiger partial charge in [0.05, 0.1) is 17.3 Å². The predicted octanol–water partition coefficient (Wildman–Crippen LogP) is 0.957. The van der Waals surface area contributed by atoms with Gasteiger partial charge in [-0.2, -0.15) is 0 Å². The molecule has 122 valence electrons. The molecule has 1 fully saturated rings. The van der Waals surface area contributed by atoms with Gasteiger partial charge in [0.25, 0.3) is 0 Å². The van der Waals surface area contributed by atoms with Crippen molar-refractivity contribution >= 4 is 41.5 Å². The van der Waals surface area contributed by atoms with E-state index in [4.69, 9.17) is 22.1 Å². The molecule has 6 nitrogen and oxygen atoms in total. The fraction of sp³-hybridized carbons (Fsp3) is 0.429. The minimum atomic E-state index is -0.780. The third-order valence-corrected chi connectivity index (χ3v) is 3.67. The zero-order valence-electron chi connectivity index (χ0n) is 12.1. The number of amides is 2. The predicted molar refractivity (Wildman–Crippen MR) is 87.5 cm³/mol. The van der Waals surface area contributed by atoms with Crippen molar-refractivity contribution in [2.24, 2.45) is 5.73 Å². The summed E-state index contributed by atoms with van der Waals surface area (Å²) in [6, 6.07) is 5.77. The first-order valence-corrected chi connectivity index (χ1v) is 7.03. The first-order valence-electron chi connectivity index (χ1n) is 6.65. The average molecular weight is 348 g/mol. The van der Waals surface area contributed by atoms with E-state index in [9.17, 15) is 9.59 Å². The summed E-state index contributed by atoms with van der Waals surface area (Å²) in [5, 5.41) is 3.16. The van der Waals surface area contributed by atoms with Crippen molar-refractivity contribution in [2.75, 3.05) is 25.2 Å². The molecule has 0 aliphatic carbocycles. The van der Waals surface area contributed by atoms with Gasteiger partial charge < -0.3 is 20.7 Å². The van der Waals surface area contributed by atoms with E-state index in [2.05, 4.69) is 5.32 Å². The highest BCUT2D eigenvalue weighted by atomic mass is 35.5. The molecule has 1 saturated heterocycles. The highest BCUT2D eigenvalue weighted by molar-refractivity contribution is 6.34. The number of nitrogens with one attached hydrogen (secondary N) is 1. The van der Waals surface area contributed by atoms with E-state index in [-0.39, 0.29) is 24.9 Å². The monoisotopic (exact) mass is 347 g/mol. The molecule has 1 aliphatic heterocycles. The van der Waals surface area contributed by atoms with Crippen LogP contribution in [0.5, 0.6) is 0 Å². The van der Waals surface area contributed by atoms with Crippen LogP contribution in [0, 0.1) is 0 Å². The van der Waals surface area contributed by atoms with Gasteiger partial charge in [0, 0.05) is 13.7 Å². The Morgan fingerprint density at radius 2 is 2.23 bits per heavy atom. The molecular formula is C14H19Cl2N3O3. The lowest BCUT2D eigenvalue weighted by Gasteiger charge is -2.19. The quantitative estimate of drug-likeness (QED) is 0.830. The van der Waals surface area contributed by atoms with Crippen LogP contribution in [0.25, 0.3) is 0 Å². The molecule has 1 heterocycles. The van der Waals surface area contributed by atoms with Crippen LogP contribution in [0.2, 0.25) is 5.02 Å². The average Bonchev–Trinajstić information content (AvgIpc) is 2.81. The molecule has 1 aromatic rings. The molecule has 1 aromatic carbocycles. The molecule has 2 unspecified atom stereocenters. The maximum absolute atomic E-state index is 12.4. The Morgan fingerprint density at radius 1 is 1.55 bits per heavy atom. The van der Waals surface area contributed by atoms with Crippen LogP contribution in [0.15, 0.2) is 24.3 Å². The second kappa shape index (κ2) is 8.33. The number of hydrogen-bond acceptors (Lipinski definition) is 4. The summed E-state index contributed by atoms with van der Waals surface area (Å²) in [5.41, 5.74) is 6.29. The molecule has 2 rings (SSSR count). The number of rotatable bonds is 5. The number of methoxy groups -OCH3 is 1. The molecule has 0 aromatic heterocycles. The number of anilines is 1. The van der Waals surface area contributed by atoms with Crippen molar-refractivity contribution in [3.05, 3.63) is 29.3 Å². The second-order valence-electron chi connectivity index (χ2n) is 4.85. The van der Waals surface area contributed by atoms with Gasteiger partial charge in [-0.05, 0) is 18.6 Å². The normalized spacial score (nSPS) is 18.8. The number of halogens is 2. The Labute approximate surface area is 140 Å². The highest BCUT2D eigenvalue weighted by Gasteiger charge is 2.35. The molecule has 0 saturated carbocycles. The Bertz CT molecular complexity index is 542. The number of carbonyl (C=O) groups is 2. The number of nitrogens with zero attached hydrogens (tertiary/aromatic N) is 1. The van der Waals surface area contributed by atoms with E-state index < -0.39 is 18.0 Å². The molecule has 2 atom stereocenters. The van der Waals surface area contributed by atoms with Crippen molar-refractivity contribution in [2.45, 2.75) is 18.5 Å². The third kappa shape index (κ3) is 4.10. The van der Waals surface area contributed by atoms with Crippen LogP contribution >= 0.6 is 24.0 Å². The van der Waals surface area contributed by atoms with Crippen LogP contribution in [0.3, 0.4) is 0 Å². The van der Waals surface area contributed by atoms with Crippen molar-refractivity contribution in [3.8, 4) is 0 Å². The summed E-state index contributed by atoms with van der Waals surface area (Å²) in [5.74, 6) is -0.572. The van der Waals surface area contributed by atoms with E-state index in [0.717, 1.165) is 0 Å². The van der Waals surface area contributed by atoms with Crippen LogP contribution in [-0.4, -0.2) is 44.2 Å². The van der Waals surface area contributed by atoms with E-state index in [0.29, 0.717) is 23.7 Å². The fourth-order valence-electron chi connectivity index (χ4n) is 2.26. The molecule has 2 amide bonds. The van der Waals surface area contributed by atoms with Gasteiger partial charge in [-0.1, -0.05) is 23.7 Å². The van der Waals surface area contributed by atoms with Gasteiger partial charge in [-0.15, -0.1) is 12.4 Å². The van der Waals surface area contributed by atoms with Crippen LogP contribution in [0.4, 0.5) is 5.69 Å². The standard InChI is InChI=1S/C14H18ClN3O3.ClH/c1-21-8-10(16)13(19)17-11-6-7-18(14(11)20)12-5-3-2-4-9(12)15;/h2-5,10-11H,6-8,16H2,1H3,(H,17,19);1H. The number of carbonyl (C=O) groups excluding carboxylic acids is 2. The minimum absolute atomic E-state index is 0. The van der Waals surface area contributed by atoms with Gasteiger partial charge >= 0.3 is 0 Å². The summed E-state index contributed by atoms with van der Waals surface area (Å²) in [6.07, 6.45) is 0.523. The summed E-state index contributed by atoms with van der Waals surface area (Å²) in [6.45, 7) is 0.619. The summed E-state index contributed by atoms with van der Waals surface area (Å²) < 4.78 is 4.82. The Morgan fingerprint density at radius 3 is 2.86 bits per heavy atom. The molecule has 0 bridgehead atoms. The van der Waals surface area contributed by atoms with Gasteiger partial charge in [0.15, 0.2) is 0 Å². The largest absolute Gasteiger partial charge is 0.383 e. The van der Waals surface area contributed by atoms with Gasteiger partial charge in [0.2, 0.25) is 11.8 Å². The van der Waals surface area contributed by atoms with E-state index in [1.54, 1.807) is 23.1 Å². The number of hydrogen-bond donors (Lipinski definition) is 2. The molecular weight excluding hydrogens is 329 g/mol. The van der Waals surface area contributed by atoms with E-state index in [1.807, 2.05) is 6.07 Å². The van der Waals surface area contributed by atoms with Gasteiger partial charge in [-0.25, -0.2) is 0 Å². The lowest BCUT2D eigenvalue weighted by molar-refractivity contribution is -0.128. The molecule has 22 heavy (non-hydrogen) atoms. The molecule has 1 aliphatic rings. The highest BCUT2D eigenvalue weighted by Crippen LogP contribution is 2.28. The zero-order valence-corrected chi connectivity index (χ0v) is 13.7. The van der Waals surface area contributed by atoms with Crippen molar-refractivity contribution in [1.82, 2.24) is 5.32 Å². The van der Waals surface area contributed by atoms with E-state index >= 15 is 0 Å². The zero-order chi connectivity index (χ0) is 15.4. The summed E-state index contributed by atoms with van der Waals surface area (Å²) in [4.78, 5) is 25.8. The van der Waals surface area contributed by atoms with Gasteiger partial charge in [0.1, 0.15) is 12.1 Å². The van der Waals surface area contributed by atoms with E-state index in [1.165, 1.54) is 7.11 Å². The SMILES string of the molecule is COCC(N)C(=O)NC1CCN(c2ccccc2Cl)C1=O.Cl. The lowest BCUT2D eigenvalue weighted by atomic mass is 10.2. The number of para-hydroxylation sites is 1. The fourth-order valence-corrected chi connectivity index (χ4v) is 2.50. The Balaban J connectivity index is 0.00000242. The summed E-state index contributed by atoms with van der Waals surface area (Å²) in [7, 11) is 1.47. The lowest BCUT2D eigenvalue weighted by Crippen LogP contribution is -2.50.